The van der Waals surface area contributed by atoms with Crippen LogP contribution in [0.3, 0.4) is 0 Å². The standard InChI is InChI=1S/C35H38F6N8O6.C6H14N2.C2H6.CH4N2/c1-2-3-4-5-29(51)47-24-11-20(35(39,40)41)13-26(31(24)55-22-7-9-43-16-22)49-33(53)28-14-27(44-17-45-28)32(52)48-25-12-19(34(36,37)38)10-23(46-18-50)30(25)54-21-6-8-42-15-21;1-2-3-4-5-8-6-7;1-2;2-1-3/h10-14,17-18,21-22,42-43H,2-9,15-16H2,1H3,(H,46,50)(H,47,51)(H,48,52)(H,49,53);6H,2-5H2,1H3,(H2,7,8);1-2H3;1H,(H3,2,3)/t21-,22-;;;/m0.../s1. The molecule has 3 heterocycles. The lowest BCUT2D eigenvalue weighted by atomic mass is 10.1. The summed E-state index contributed by atoms with van der Waals surface area (Å²) < 4.78 is 95.8. The number of alkyl halides is 6. The minimum absolute atomic E-state index is 0.0306. The number of unbranched alkanes of at least 4 members (excludes halogenated alkanes) is 4. The van der Waals surface area contributed by atoms with Gasteiger partial charge >= 0.3 is 12.4 Å². The number of nitrogens with one attached hydrogen (secondary N) is 7. The van der Waals surface area contributed by atoms with Crippen molar-refractivity contribution in [2.75, 3.05) is 54.0 Å². The minimum atomic E-state index is -4.91. The average molecular weight is 969 g/mol. The van der Waals surface area contributed by atoms with E-state index in [9.17, 15) is 45.5 Å². The third-order valence-corrected chi connectivity index (χ3v) is 9.55. The summed E-state index contributed by atoms with van der Waals surface area (Å²) in [6.07, 6.45) is -1.09. The number of hydrogen-bond donors (Lipinski definition) is 9. The second-order valence-corrected chi connectivity index (χ2v) is 14.7. The smallest absolute Gasteiger partial charge is 0.416 e. The Morgan fingerprint density at radius 2 is 1.19 bits per heavy atom. The Kier molecular flexibility index (Phi) is 25.4. The van der Waals surface area contributed by atoms with Crippen molar-refractivity contribution in [2.24, 2.45) is 16.5 Å². The third kappa shape index (κ3) is 19.3. The highest BCUT2D eigenvalue weighted by molar-refractivity contribution is 6.08. The van der Waals surface area contributed by atoms with Gasteiger partial charge in [-0.15, -0.1) is 0 Å². The normalized spacial score (nSPS) is 15.3. The van der Waals surface area contributed by atoms with Gasteiger partial charge < -0.3 is 52.8 Å². The van der Waals surface area contributed by atoms with Crippen LogP contribution in [0.1, 0.15) is 118 Å². The number of carbonyl (C=O) groups is 4. The molecule has 0 spiro atoms. The zero-order chi connectivity index (χ0) is 50.7. The minimum Gasteiger partial charge on any atom is -0.485 e. The lowest BCUT2D eigenvalue weighted by molar-refractivity contribution is -0.138. The quantitative estimate of drug-likeness (QED) is 0.0188. The van der Waals surface area contributed by atoms with Crippen molar-refractivity contribution in [2.45, 2.75) is 110 Å². The van der Waals surface area contributed by atoms with Crippen molar-refractivity contribution in [3.05, 3.63) is 59.2 Å². The lowest BCUT2D eigenvalue weighted by Gasteiger charge is -2.22. The molecule has 68 heavy (non-hydrogen) atoms. The van der Waals surface area contributed by atoms with Gasteiger partial charge in [0.25, 0.3) is 11.8 Å². The number of carbonyl (C=O) groups excluding carboxylic acids is 4. The molecule has 0 bridgehead atoms. The third-order valence-electron chi connectivity index (χ3n) is 9.55. The molecule has 3 aromatic rings. The fraction of sp³-hybridized carbons (Fsp3) is 0.500. The first-order valence-corrected chi connectivity index (χ1v) is 22.1. The molecule has 0 saturated carbocycles. The zero-order valence-electron chi connectivity index (χ0n) is 38.5. The molecular weight excluding hydrogens is 907 g/mol. The number of ether oxygens (including phenoxy) is 2. The van der Waals surface area contributed by atoms with E-state index >= 15 is 0 Å². The molecule has 376 valence electrons. The summed E-state index contributed by atoms with van der Waals surface area (Å²) in [6, 6.07) is 3.47. The number of hydrogen-bond acceptors (Lipinski definition) is 12. The molecule has 2 aliphatic heterocycles. The summed E-state index contributed by atoms with van der Waals surface area (Å²) in [7, 11) is 0. The molecule has 2 aromatic carbocycles. The number of anilines is 4. The monoisotopic (exact) mass is 968 g/mol. The largest absolute Gasteiger partial charge is 0.485 e. The number of aromatic nitrogens is 2. The van der Waals surface area contributed by atoms with E-state index in [2.05, 4.69) is 59.5 Å². The van der Waals surface area contributed by atoms with Crippen LogP contribution in [0.4, 0.5) is 49.1 Å². The molecule has 2 aliphatic rings. The number of nitrogens with zero attached hydrogens (tertiary/aromatic N) is 3. The van der Waals surface area contributed by atoms with E-state index in [1.54, 1.807) is 0 Å². The van der Waals surface area contributed by atoms with Gasteiger partial charge in [-0.2, -0.15) is 26.3 Å². The number of nitrogens with two attached hydrogens (primary N) is 2. The van der Waals surface area contributed by atoms with E-state index < -0.39 is 76.2 Å². The summed E-state index contributed by atoms with van der Waals surface area (Å²) in [5, 5.41) is 21.2. The molecule has 11 N–H and O–H groups in total. The highest BCUT2D eigenvalue weighted by atomic mass is 19.4. The average Bonchev–Trinajstić information content (AvgIpc) is 4.03. The molecule has 24 heteroatoms. The Morgan fingerprint density at radius 3 is 1.60 bits per heavy atom. The van der Waals surface area contributed by atoms with E-state index in [0.717, 1.165) is 38.1 Å². The van der Waals surface area contributed by atoms with Gasteiger partial charge in [0.15, 0.2) is 11.5 Å². The molecule has 0 unspecified atom stereocenters. The Hall–Kier alpha value is -6.56. The van der Waals surface area contributed by atoms with Crippen molar-refractivity contribution in [3.8, 4) is 11.5 Å². The molecule has 18 nitrogen and oxygen atoms in total. The van der Waals surface area contributed by atoms with Gasteiger partial charge in [0.2, 0.25) is 12.3 Å². The second-order valence-electron chi connectivity index (χ2n) is 14.7. The lowest BCUT2D eigenvalue weighted by Crippen LogP contribution is -2.24. The predicted octanol–water partition coefficient (Wildman–Crippen LogP) is 7.33. The van der Waals surface area contributed by atoms with Gasteiger partial charge in [-0.1, -0.05) is 53.4 Å². The summed E-state index contributed by atoms with van der Waals surface area (Å²) in [6.45, 7) is 10.8. The SMILES string of the molecule is CC.CCCCCC(=O)Nc1cc(C(F)(F)F)cc(NC(=O)c2cc(C(=O)Nc3cc(C(F)(F)F)cc(NC=O)c3O[C@H]3CCNC3)ncn2)c1O[C@H]1CCNC1.CCCCCN=CN.N=CN. The van der Waals surface area contributed by atoms with Crippen LogP contribution in [0.5, 0.6) is 11.5 Å². The van der Waals surface area contributed by atoms with E-state index in [4.69, 9.17) is 20.6 Å². The molecular formula is C44H62F6N12O6. The van der Waals surface area contributed by atoms with Crippen LogP contribution in [-0.4, -0.2) is 91.7 Å². The first-order chi connectivity index (χ1) is 32.5. The van der Waals surface area contributed by atoms with Crippen LogP contribution in [0.25, 0.3) is 0 Å². The summed E-state index contributed by atoms with van der Waals surface area (Å²) in [5.74, 6) is -3.29. The topological polar surface area (TPSA) is 273 Å². The van der Waals surface area contributed by atoms with Gasteiger partial charge in [-0.3, -0.25) is 29.6 Å². The Balaban J connectivity index is 0.00000108. The van der Waals surface area contributed by atoms with Gasteiger partial charge in [-0.05, 0) is 63.0 Å². The maximum Gasteiger partial charge on any atom is 0.416 e. The Labute approximate surface area is 391 Å². The fourth-order valence-electron chi connectivity index (χ4n) is 6.33. The Bertz CT molecular complexity index is 2100. The van der Waals surface area contributed by atoms with Crippen molar-refractivity contribution >= 4 is 59.6 Å². The molecule has 0 aliphatic carbocycles. The highest BCUT2D eigenvalue weighted by Gasteiger charge is 2.36. The molecule has 2 fully saturated rings. The maximum absolute atomic E-state index is 14.1. The van der Waals surface area contributed by atoms with Crippen LogP contribution in [0.15, 0.2) is 41.7 Å². The zero-order valence-corrected chi connectivity index (χ0v) is 38.5. The maximum atomic E-state index is 14.1. The van der Waals surface area contributed by atoms with Gasteiger partial charge in [0.1, 0.15) is 29.9 Å². The van der Waals surface area contributed by atoms with Gasteiger partial charge in [-0.25, -0.2) is 9.97 Å². The van der Waals surface area contributed by atoms with Gasteiger partial charge in [0.05, 0.1) is 46.6 Å². The number of rotatable bonds is 19. The Morgan fingerprint density at radius 1 is 0.750 bits per heavy atom. The van der Waals surface area contributed by atoms with E-state index in [1.807, 2.05) is 20.8 Å². The number of aliphatic imine (C=N–C) groups is 1. The summed E-state index contributed by atoms with van der Waals surface area (Å²) >= 11 is 0. The van der Waals surface area contributed by atoms with Gasteiger partial charge in [0, 0.05) is 32.1 Å². The predicted molar refractivity (Wildman–Crippen MR) is 248 cm³/mol. The van der Waals surface area contributed by atoms with Crippen molar-refractivity contribution in [3.63, 3.8) is 0 Å². The van der Waals surface area contributed by atoms with Crippen LogP contribution >= 0.6 is 0 Å². The first kappa shape index (κ1) is 57.6. The molecule has 4 amide bonds. The number of halogens is 6. The van der Waals surface area contributed by atoms with Crippen LogP contribution in [0.2, 0.25) is 0 Å². The summed E-state index contributed by atoms with van der Waals surface area (Å²) in [4.78, 5) is 62.6. The van der Waals surface area contributed by atoms with E-state index in [0.29, 0.717) is 69.7 Å². The molecule has 2 atom stereocenters. The highest BCUT2D eigenvalue weighted by Crippen LogP contribution is 2.43. The van der Waals surface area contributed by atoms with Crippen molar-refractivity contribution < 1.29 is 55.0 Å². The van der Waals surface area contributed by atoms with Crippen molar-refractivity contribution in [1.29, 1.82) is 5.41 Å². The summed E-state index contributed by atoms with van der Waals surface area (Å²) in [5.41, 5.74) is 4.31. The molecule has 0 radical (unpaired) electrons. The molecule has 2 saturated heterocycles. The van der Waals surface area contributed by atoms with Crippen molar-refractivity contribution in [1.82, 2.24) is 20.6 Å². The number of amides is 4. The van der Waals surface area contributed by atoms with E-state index in [-0.39, 0.29) is 35.7 Å². The molecule has 5 rings (SSSR count). The van der Waals surface area contributed by atoms with Crippen LogP contribution in [0, 0.1) is 5.41 Å². The fourth-order valence-corrected chi connectivity index (χ4v) is 6.33. The first-order valence-electron chi connectivity index (χ1n) is 22.1. The second kappa shape index (κ2) is 29.9. The van der Waals surface area contributed by atoms with E-state index in [1.165, 1.54) is 25.6 Å². The van der Waals surface area contributed by atoms with Crippen LogP contribution in [-0.2, 0) is 21.9 Å². The number of benzene rings is 2. The van der Waals surface area contributed by atoms with Crippen LogP contribution < -0.4 is 52.8 Å². The molecule has 1 aromatic heterocycles.